The summed E-state index contributed by atoms with van der Waals surface area (Å²) in [6.45, 7) is 3.63. The first-order valence-electron chi connectivity index (χ1n) is 8.18. The molecule has 1 aliphatic heterocycles. The number of aromatic nitrogens is 2. The Kier molecular flexibility index (Phi) is 4.31. The summed E-state index contributed by atoms with van der Waals surface area (Å²) < 4.78 is 48.6. The van der Waals surface area contributed by atoms with Gasteiger partial charge in [-0.3, -0.25) is 4.79 Å². The molecule has 10 heteroatoms. The van der Waals surface area contributed by atoms with Gasteiger partial charge < -0.3 is 15.4 Å². The Bertz CT molecular complexity index is 1060. The van der Waals surface area contributed by atoms with Crippen LogP contribution in [0.5, 0.6) is 0 Å². The fourth-order valence-corrected chi connectivity index (χ4v) is 4.42. The van der Waals surface area contributed by atoms with Crippen LogP contribution in [0.15, 0.2) is 12.1 Å². The number of nitrogens with zero attached hydrogens (tertiary/aromatic N) is 3. The SMILES string of the molecule is Cc1nn2c(N3CCOCC3)c(C(N)=O)sc2c1-c1cc(F)cc(F)c1F. The third-order valence-electron chi connectivity index (χ3n) is 4.42. The van der Waals surface area contributed by atoms with E-state index < -0.39 is 23.4 Å². The van der Waals surface area contributed by atoms with Crippen molar-refractivity contribution >= 4 is 27.9 Å². The molecule has 0 aliphatic carbocycles. The number of morpholine rings is 1. The van der Waals surface area contributed by atoms with Crippen molar-refractivity contribution in [3.63, 3.8) is 0 Å². The Morgan fingerprint density at radius 2 is 1.96 bits per heavy atom. The average Bonchev–Trinajstić information content (AvgIpc) is 3.13. The lowest BCUT2D eigenvalue weighted by atomic mass is 10.1. The monoisotopic (exact) mass is 396 g/mol. The largest absolute Gasteiger partial charge is 0.378 e. The number of nitrogens with two attached hydrogens (primary N) is 1. The number of anilines is 1. The summed E-state index contributed by atoms with van der Waals surface area (Å²) in [7, 11) is 0. The van der Waals surface area contributed by atoms with Crippen LogP contribution < -0.4 is 10.6 Å². The Labute approximate surface area is 155 Å². The van der Waals surface area contributed by atoms with Gasteiger partial charge in [-0.25, -0.2) is 17.7 Å². The molecule has 4 rings (SSSR count). The van der Waals surface area contributed by atoms with E-state index in [2.05, 4.69) is 5.10 Å². The number of ether oxygens (including phenoxy) is 1. The van der Waals surface area contributed by atoms with Crippen molar-refractivity contribution < 1.29 is 22.7 Å². The second-order valence-electron chi connectivity index (χ2n) is 6.14. The topological polar surface area (TPSA) is 72.9 Å². The number of benzene rings is 1. The quantitative estimate of drug-likeness (QED) is 0.691. The molecular weight excluding hydrogens is 381 g/mol. The molecule has 0 saturated carbocycles. The highest BCUT2D eigenvalue weighted by atomic mass is 32.1. The Morgan fingerprint density at radius 1 is 1.26 bits per heavy atom. The molecule has 0 radical (unpaired) electrons. The maximum atomic E-state index is 14.4. The van der Waals surface area contributed by atoms with E-state index in [0.717, 1.165) is 17.4 Å². The van der Waals surface area contributed by atoms with E-state index in [1.165, 1.54) is 4.52 Å². The molecule has 1 saturated heterocycles. The van der Waals surface area contributed by atoms with Crippen molar-refractivity contribution in [3.05, 3.63) is 40.2 Å². The Morgan fingerprint density at radius 3 is 2.63 bits per heavy atom. The van der Waals surface area contributed by atoms with Crippen LogP contribution in [-0.4, -0.2) is 41.8 Å². The van der Waals surface area contributed by atoms with E-state index in [-0.39, 0.29) is 16.0 Å². The summed E-state index contributed by atoms with van der Waals surface area (Å²) in [5.41, 5.74) is 5.90. The summed E-state index contributed by atoms with van der Waals surface area (Å²) >= 11 is 1.02. The maximum absolute atomic E-state index is 14.4. The van der Waals surface area contributed by atoms with E-state index in [4.69, 9.17) is 10.5 Å². The standard InChI is InChI=1S/C17H15F3N4O2S/c1-8-12(10-6-9(18)7-11(19)13(10)20)17-24(22-8)16(14(27-17)15(21)25)23-2-4-26-5-3-23/h6-7H,2-5H2,1H3,(H2,21,25). The van der Waals surface area contributed by atoms with Crippen molar-refractivity contribution in [2.24, 2.45) is 5.73 Å². The van der Waals surface area contributed by atoms with Gasteiger partial charge in [-0.1, -0.05) is 0 Å². The lowest BCUT2D eigenvalue weighted by molar-refractivity contribution is 0.100. The molecule has 2 aromatic heterocycles. The van der Waals surface area contributed by atoms with Gasteiger partial charge in [-0.2, -0.15) is 5.10 Å². The molecule has 1 amide bonds. The van der Waals surface area contributed by atoms with Crippen LogP contribution in [0.2, 0.25) is 0 Å². The van der Waals surface area contributed by atoms with Crippen LogP contribution >= 0.6 is 11.3 Å². The molecule has 0 unspecified atom stereocenters. The van der Waals surface area contributed by atoms with Gasteiger partial charge in [0.2, 0.25) is 0 Å². The minimum Gasteiger partial charge on any atom is -0.378 e. The Balaban J connectivity index is 1.99. The number of halogens is 3. The highest BCUT2D eigenvalue weighted by Gasteiger charge is 2.29. The second kappa shape index (κ2) is 6.54. The van der Waals surface area contributed by atoms with E-state index in [9.17, 15) is 18.0 Å². The van der Waals surface area contributed by atoms with Crippen molar-refractivity contribution in [2.75, 3.05) is 31.2 Å². The zero-order chi connectivity index (χ0) is 19.3. The summed E-state index contributed by atoms with van der Waals surface area (Å²) in [5, 5.41) is 4.39. The number of rotatable bonds is 3. The summed E-state index contributed by atoms with van der Waals surface area (Å²) in [5.74, 6) is -3.53. The van der Waals surface area contributed by atoms with Gasteiger partial charge >= 0.3 is 0 Å². The van der Waals surface area contributed by atoms with Gasteiger partial charge in [0.25, 0.3) is 5.91 Å². The van der Waals surface area contributed by atoms with Gasteiger partial charge in [0.05, 0.1) is 18.9 Å². The van der Waals surface area contributed by atoms with Gasteiger partial charge in [0.15, 0.2) is 17.5 Å². The minimum atomic E-state index is -1.29. The first-order chi connectivity index (χ1) is 12.9. The second-order valence-corrected chi connectivity index (χ2v) is 7.14. The first-order valence-corrected chi connectivity index (χ1v) is 8.99. The van der Waals surface area contributed by atoms with Crippen molar-refractivity contribution in [1.82, 2.24) is 9.61 Å². The first kappa shape index (κ1) is 17.8. The number of hydrogen-bond acceptors (Lipinski definition) is 5. The molecule has 142 valence electrons. The fourth-order valence-electron chi connectivity index (χ4n) is 3.24. The van der Waals surface area contributed by atoms with Crippen LogP contribution in [0.4, 0.5) is 19.0 Å². The molecule has 2 N–H and O–H groups in total. The van der Waals surface area contributed by atoms with Gasteiger partial charge in [0, 0.05) is 30.3 Å². The molecule has 0 spiro atoms. The molecule has 3 heterocycles. The van der Waals surface area contributed by atoms with E-state index in [0.29, 0.717) is 48.7 Å². The summed E-state index contributed by atoms with van der Waals surface area (Å²) in [4.78, 5) is 14.5. The predicted octanol–water partition coefficient (Wildman–Crippen LogP) is 2.72. The molecule has 0 bridgehead atoms. The van der Waals surface area contributed by atoms with Gasteiger partial charge in [-0.15, -0.1) is 11.3 Å². The average molecular weight is 396 g/mol. The van der Waals surface area contributed by atoms with Crippen molar-refractivity contribution in [1.29, 1.82) is 0 Å². The molecule has 0 atom stereocenters. The third kappa shape index (κ3) is 2.85. The van der Waals surface area contributed by atoms with E-state index in [1.807, 2.05) is 4.90 Å². The molecule has 1 fully saturated rings. The van der Waals surface area contributed by atoms with Crippen LogP contribution in [0.25, 0.3) is 16.0 Å². The third-order valence-corrected chi connectivity index (χ3v) is 5.58. The lowest BCUT2D eigenvalue weighted by Crippen LogP contribution is -2.38. The number of primary amides is 1. The number of carbonyl (C=O) groups excluding carboxylic acids is 1. The van der Waals surface area contributed by atoms with E-state index in [1.54, 1.807) is 6.92 Å². The summed E-state index contributed by atoms with van der Waals surface area (Å²) in [6.07, 6.45) is 0. The van der Waals surface area contributed by atoms with Crippen molar-refractivity contribution in [3.8, 4) is 11.1 Å². The van der Waals surface area contributed by atoms with Crippen LogP contribution in [0.1, 0.15) is 15.4 Å². The smallest absolute Gasteiger partial charge is 0.262 e. The molecule has 6 nitrogen and oxygen atoms in total. The molecule has 1 aromatic carbocycles. The predicted molar refractivity (Wildman–Crippen MR) is 94.7 cm³/mol. The fraction of sp³-hybridized carbons (Fsp3) is 0.294. The van der Waals surface area contributed by atoms with Gasteiger partial charge in [-0.05, 0) is 13.0 Å². The number of aryl methyl sites for hydroxylation is 1. The van der Waals surface area contributed by atoms with E-state index >= 15 is 0 Å². The molecule has 27 heavy (non-hydrogen) atoms. The van der Waals surface area contributed by atoms with Crippen LogP contribution in [-0.2, 0) is 4.74 Å². The molecular formula is C17H15F3N4O2S. The number of amides is 1. The number of carbonyl (C=O) groups is 1. The highest BCUT2D eigenvalue weighted by Crippen LogP contribution is 2.40. The molecule has 1 aliphatic rings. The highest BCUT2D eigenvalue weighted by molar-refractivity contribution is 7.20. The zero-order valence-corrected chi connectivity index (χ0v) is 15.1. The number of thiazole rings is 1. The Hall–Kier alpha value is -2.59. The van der Waals surface area contributed by atoms with Crippen molar-refractivity contribution in [2.45, 2.75) is 6.92 Å². The van der Waals surface area contributed by atoms with Gasteiger partial charge in [0.1, 0.15) is 15.5 Å². The summed E-state index contributed by atoms with van der Waals surface area (Å²) in [6, 6.07) is 1.40. The normalized spacial score (nSPS) is 14.9. The lowest BCUT2D eigenvalue weighted by Gasteiger charge is -2.28. The molecule has 3 aromatic rings. The maximum Gasteiger partial charge on any atom is 0.262 e. The number of hydrogen-bond donors (Lipinski definition) is 1. The zero-order valence-electron chi connectivity index (χ0n) is 14.3. The van der Waals surface area contributed by atoms with Crippen LogP contribution in [0.3, 0.4) is 0 Å². The minimum absolute atomic E-state index is 0.234. The number of fused-ring (bicyclic) bond motifs is 1. The van der Waals surface area contributed by atoms with Crippen LogP contribution in [0, 0.1) is 24.4 Å².